The molecule has 0 amide bonds. The Morgan fingerprint density at radius 3 is 2.37 bits per heavy atom. The lowest BCUT2D eigenvalue weighted by Crippen LogP contribution is -2.30. The van der Waals surface area contributed by atoms with Crippen molar-refractivity contribution in [2.24, 2.45) is 0 Å². The van der Waals surface area contributed by atoms with Crippen molar-refractivity contribution in [2.75, 3.05) is 6.54 Å². The molecule has 0 bridgehead atoms. The van der Waals surface area contributed by atoms with Crippen LogP contribution in [0.3, 0.4) is 0 Å². The van der Waals surface area contributed by atoms with Gasteiger partial charge in [-0.2, -0.15) is 18.2 Å². The van der Waals surface area contributed by atoms with Gasteiger partial charge in [-0.05, 0) is 31.0 Å². The van der Waals surface area contributed by atoms with Crippen LogP contribution in [0.2, 0.25) is 0 Å². The van der Waals surface area contributed by atoms with Gasteiger partial charge in [0.15, 0.2) is 5.78 Å². The minimum absolute atomic E-state index is 0.0863. The summed E-state index contributed by atoms with van der Waals surface area (Å²) >= 11 is 0. The number of alkyl halides is 3. The molecule has 7 nitrogen and oxygen atoms in total. The van der Waals surface area contributed by atoms with Crippen LogP contribution in [-0.4, -0.2) is 30.9 Å². The number of halogens is 3. The van der Waals surface area contributed by atoms with Gasteiger partial charge in [0.25, 0.3) is 0 Å². The molecule has 0 radical (unpaired) electrons. The molecule has 2 aromatic carbocycles. The molecule has 11 heteroatoms. The van der Waals surface area contributed by atoms with Gasteiger partial charge in [-0.1, -0.05) is 41.6 Å². The van der Waals surface area contributed by atoms with Crippen LogP contribution in [0.4, 0.5) is 13.2 Å². The minimum Gasteiger partial charge on any atom is -0.329 e. The van der Waals surface area contributed by atoms with E-state index in [4.69, 9.17) is 0 Å². The second kappa shape index (κ2) is 8.00. The molecular weight excluding hydrogens is 423 g/mol. The Balaban J connectivity index is 1.71. The van der Waals surface area contributed by atoms with Gasteiger partial charge >= 0.3 is 12.1 Å². The van der Waals surface area contributed by atoms with Gasteiger partial charge in [0.1, 0.15) is 0 Å². The Morgan fingerprint density at radius 1 is 1.10 bits per heavy atom. The zero-order valence-corrected chi connectivity index (χ0v) is 16.6. The Morgan fingerprint density at radius 2 is 1.77 bits per heavy atom. The van der Waals surface area contributed by atoms with Gasteiger partial charge < -0.3 is 4.52 Å². The van der Waals surface area contributed by atoms with Gasteiger partial charge in [-0.3, -0.25) is 4.79 Å². The van der Waals surface area contributed by atoms with Crippen LogP contribution in [0, 0.1) is 13.8 Å². The van der Waals surface area contributed by atoms with Crippen LogP contribution in [0.25, 0.3) is 11.4 Å². The zero-order valence-electron chi connectivity index (χ0n) is 15.8. The Bertz CT molecular complexity index is 1190. The van der Waals surface area contributed by atoms with Crippen molar-refractivity contribution in [2.45, 2.75) is 24.9 Å². The molecule has 0 spiro atoms. The van der Waals surface area contributed by atoms with E-state index in [1.165, 1.54) is 30.3 Å². The molecule has 0 aliphatic rings. The maximum absolute atomic E-state index is 12.5. The first kappa shape index (κ1) is 21.7. The largest absolute Gasteiger partial charge is 0.471 e. The molecule has 0 aliphatic carbocycles. The number of carbonyl (C=O) groups is 1. The normalized spacial score (nSPS) is 12.2. The maximum atomic E-state index is 12.5. The summed E-state index contributed by atoms with van der Waals surface area (Å²) in [6, 6.07) is 10.2. The monoisotopic (exact) mass is 439 g/mol. The third kappa shape index (κ3) is 4.57. The van der Waals surface area contributed by atoms with Crippen molar-refractivity contribution in [3.8, 4) is 11.4 Å². The second-order valence-electron chi connectivity index (χ2n) is 6.44. The van der Waals surface area contributed by atoms with Crippen molar-refractivity contribution in [1.29, 1.82) is 0 Å². The van der Waals surface area contributed by atoms with Crippen LogP contribution in [0.15, 0.2) is 51.9 Å². The predicted octanol–water partition coefficient (Wildman–Crippen LogP) is 3.53. The van der Waals surface area contributed by atoms with E-state index < -0.39 is 34.4 Å². The van der Waals surface area contributed by atoms with E-state index in [1.54, 1.807) is 26.0 Å². The van der Waals surface area contributed by atoms with Crippen molar-refractivity contribution < 1.29 is 30.9 Å². The van der Waals surface area contributed by atoms with Crippen LogP contribution >= 0.6 is 0 Å². The fourth-order valence-electron chi connectivity index (χ4n) is 2.62. The van der Waals surface area contributed by atoms with Crippen LogP contribution in [-0.2, 0) is 16.2 Å². The van der Waals surface area contributed by atoms with Crippen molar-refractivity contribution >= 4 is 15.8 Å². The lowest BCUT2D eigenvalue weighted by molar-refractivity contribution is -0.159. The Hall–Kier alpha value is -3.05. The van der Waals surface area contributed by atoms with Crippen molar-refractivity contribution in [3.05, 3.63) is 65.0 Å². The number of Topliss-reactive ketones (excluding diaryl/α,β-unsaturated/α-hetero) is 1. The summed E-state index contributed by atoms with van der Waals surface area (Å²) in [7, 11) is -3.89. The van der Waals surface area contributed by atoms with Gasteiger partial charge in [0, 0.05) is 11.1 Å². The lowest BCUT2D eigenvalue weighted by Gasteiger charge is -2.10. The average molecular weight is 439 g/mol. The third-order valence-electron chi connectivity index (χ3n) is 4.40. The Labute approximate surface area is 170 Å². The number of nitrogens with zero attached hydrogens (tertiary/aromatic N) is 2. The van der Waals surface area contributed by atoms with E-state index in [1.807, 2.05) is 0 Å². The summed E-state index contributed by atoms with van der Waals surface area (Å²) in [5.74, 6) is -2.27. The van der Waals surface area contributed by atoms with Gasteiger partial charge in [0.2, 0.25) is 15.8 Å². The highest BCUT2D eigenvalue weighted by Gasteiger charge is 2.38. The van der Waals surface area contributed by atoms with Gasteiger partial charge in [0.05, 0.1) is 11.4 Å². The third-order valence-corrected chi connectivity index (χ3v) is 5.95. The van der Waals surface area contributed by atoms with Crippen molar-refractivity contribution in [3.63, 3.8) is 0 Å². The van der Waals surface area contributed by atoms with E-state index in [0.717, 1.165) is 5.56 Å². The first-order valence-electron chi connectivity index (χ1n) is 8.59. The number of aromatic nitrogens is 2. The molecule has 1 N–H and O–H groups in total. The summed E-state index contributed by atoms with van der Waals surface area (Å²) in [4.78, 5) is 15.7. The molecule has 1 heterocycles. The molecule has 0 saturated heterocycles. The fourth-order valence-corrected chi connectivity index (χ4v) is 3.92. The summed E-state index contributed by atoms with van der Waals surface area (Å²) in [6.07, 6.45) is -4.76. The quantitative estimate of drug-likeness (QED) is 0.590. The molecular formula is C19H16F3N3O4S. The summed E-state index contributed by atoms with van der Waals surface area (Å²) in [5, 5.41) is 3.26. The highest BCUT2D eigenvalue weighted by molar-refractivity contribution is 7.89. The number of aryl methyl sites for hydroxylation is 1. The number of benzene rings is 2. The number of ketones is 1. The highest BCUT2D eigenvalue weighted by Crippen LogP contribution is 2.29. The standard InChI is InChI=1S/C19H16F3N3O4S/c1-11-4-3-5-16(12(11)2)30(27,28)23-10-15(26)13-6-8-14(9-7-13)17-24-18(29-25-17)19(20,21)22/h3-9,23H,10H2,1-2H3. The SMILES string of the molecule is Cc1cccc(S(=O)(=O)NCC(=O)c2ccc(-c3noc(C(F)(F)F)n3)cc2)c1C. The summed E-state index contributed by atoms with van der Waals surface area (Å²) < 4.78 is 69.0. The molecule has 3 rings (SSSR count). The van der Waals surface area contributed by atoms with E-state index in [2.05, 4.69) is 19.4 Å². The van der Waals surface area contributed by atoms with Crippen LogP contribution in [0.5, 0.6) is 0 Å². The van der Waals surface area contributed by atoms with E-state index in [0.29, 0.717) is 5.56 Å². The van der Waals surface area contributed by atoms with E-state index in [-0.39, 0.29) is 21.8 Å². The summed E-state index contributed by atoms with van der Waals surface area (Å²) in [5.41, 5.74) is 1.76. The average Bonchev–Trinajstić information content (AvgIpc) is 3.19. The molecule has 0 unspecified atom stereocenters. The molecule has 0 atom stereocenters. The molecule has 0 saturated carbocycles. The number of sulfonamides is 1. The van der Waals surface area contributed by atoms with Gasteiger partial charge in [-0.15, -0.1) is 0 Å². The molecule has 0 aliphatic heterocycles. The van der Waals surface area contributed by atoms with Gasteiger partial charge in [-0.25, -0.2) is 13.1 Å². The number of carbonyl (C=O) groups excluding carboxylic acids is 1. The number of rotatable bonds is 6. The zero-order chi connectivity index (χ0) is 22.1. The molecule has 158 valence electrons. The fraction of sp³-hybridized carbons (Fsp3) is 0.211. The minimum atomic E-state index is -4.76. The first-order chi connectivity index (χ1) is 14.0. The molecule has 3 aromatic rings. The number of nitrogens with one attached hydrogen (secondary N) is 1. The first-order valence-corrected chi connectivity index (χ1v) is 10.1. The highest BCUT2D eigenvalue weighted by atomic mass is 32.2. The predicted molar refractivity (Wildman–Crippen MR) is 100 cm³/mol. The molecule has 30 heavy (non-hydrogen) atoms. The maximum Gasteiger partial charge on any atom is 0.471 e. The second-order valence-corrected chi connectivity index (χ2v) is 8.18. The number of hydrogen-bond acceptors (Lipinski definition) is 6. The Kier molecular flexibility index (Phi) is 5.77. The lowest BCUT2D eigenvalue weighted by atomic mass is 10.1. The van der Waals surface area contributed by atoms with E-state index in [9.17, 15) is 26.4 Å². The molecule has 0 fully saturated rings. The molecule has 1 aromatic heterocycles. The topological polar surface area (TPSA) is 102 Å². The van der Waals surface area contributed by atoms with Crippen LogP contribution < -0.4 is 4.72 Å². The number of hydrogen-bond donors (Lipinski definition) is 1. The van der Waals surface area contributed by atoms with Crippen molar-refractivity contribution in [1.82, 2.24) is 14.9 Å². The van der Waals surface area contributed by atoms with Crippen LogP contribution in [0.1, 0.15) is 27.4 Å². The smallest absolute Gasteiger partial charge is 0.329 e. The summed E-state index contributed by atoms with van der Waals surface area (Å²) in [6.45, 7) is 2.98. The van der Waals surface area contributed by atoms with E-state index >= 15 is 0 Å².